The van der Waals surface area contributed by atoms with Crippen molar-refractivity contribution < 1.29 is 9.53 Å². The largest absolute Gasteiger partial charge is 0.477 e. The Hall–Kier alpha value is -2.70. The van der Waals surface area contributed by atoms with Crippen LogP contribution in [0.3, 0.4) is 0 Å². The molecule has 0 atom stereocenters. The predicted octanol–water partition coefficient (Wildman–Crippen LogP) is 1.23. The number of carbonyl (C=O) groups excluding carboxylic acids is 1. The lowest BCUT2D eigenvalue weighted by molar-refractivity contribution is 0.0741. The summed E-state index contributed by atoms with van der Waals surface area (Å²) in [5.41, 5.74) is 0.513. The molecule has 23 heavy (non-hydrogen) atoms. The molecule has 2 aromatic rings. The van der Waals surface area contributed by atoms with Gasteiger partial charge in [-0.15, -0.1) is 0 Å². The first kappa shape index (κ1) is 15.2. The van der Waals surface area contributed by atoms with Crippen LogP contribution in [0, 0.1) is 0 Å². The van der Waals surface area contributed by atoms with E-state index in [9.17, 15) is 4.79 Å². The predicted molar refractivity (Wildman–Crippen MR) is 85.6 cm³/mol. The number of rotatable bonds is 4. The number of pyridine rings is 1. The fourth-order valence-electron chi connectivity index (χ4n) is 2.54. The Morgan fingerprint density at radius 1 is 1.09 bits per heavy atom. The molecule has 3 heterocycles. The summed E-state index contributed by atoms with van der Waals surface area (Å²) in [7, 11) is 0. The summed E-state index contributed by atoms with van der Waals surface area (Å²) in [6.45, 7) is 5.02. The minimum absolute atomic E-state index is 0.0461. The zero-order chi connectivity index (χ0) is 16.1. The molecule has 1 amide bonds. The second-order valence-corrected chi connectivity index (χ2v) is 5.12. The van der Waals surface area contributed by atoms with Crippen LogP contribution >= 0.6 is 0 Å². The fraction of sp³-hybridized carbons (Fsp3) is 0.375. The standard InChI is InChI=1S/C16H19N5O2/c1-2-23-14-13(5-3-6-17-14)15(22)20-9-11-21(12-10-20)16-18-7-4-8-19-16/h3-8H,2,9-12H2,1H3. The van der Waals surface area contributed by atoms with Crippen LogP contribution in [-0.4, -0.2) is 58.5 Å². The van der Waals surface area contributed by atoms with Crippen molar-refractivity contribution in [2.24, 2.45) is 0 Å². The zero-order valence-electron chi connectivity index (χ0n) is 13.1. The molecule has 0 unspecified atom stereocenters. The number of piperazine rings is 1. The molecule has 0 spiro atoms. The molecule has 3 rings (SSSR count). The van der Waals surface area contributed by atoms with Crippen LogP contribution in [0.5, 0.6) is 5.88 Å². The van der Waals surface area contributed by atoms with Crippen molar-refractivity contribution in [3.05, 3.63) is 42.4 Å². The van der Waals surface area contributed by atoms with E-state index in [1.54, 1.807) is 36.8 Å². The molecule has 2 aromatic heterocycles. The van der Waals surface area contributed by atoms with Crippen LogP contribution in [-0.2, 0) is 0 Å². The SMILES string of the molecule is CCOc1ncccc1C(=O)N1CCN(c2ncccn2)CC1. The molecule has 0 aromatic carbocycles. The molecule has 120 valence electrons. The average molecular weight is 313 g/mol. The first-order valence-electron chi connectivity index (χ1n) is 7.68. The maximum absolute atomic E-state index is 12.7. The van der Waals surface area contributed by atoms with E-state index in [2.05, 4.69) is 19.9 Å². The number of nitrogens with zero attached hydrogens (tertiary/aromatic N) is 5. The van der Waals surface area contributed by atoms with Gasteiger partial charge in [0.25, 0.3) is 5.91 Å². The minimum Gasteiger partial charge on any atom is -0.477 e. The van der Waals surface area contributed by atoms with E-state index < -0.39 is 0 Å². The van der Waals surface area contributed by atoms with Gasteiger partial charge in [0, 0.05) is 44.8 Å². The van der Waals surface area contributed by atoms with Gasteiger partial charge in [0.15, 0.2) is 0 Å². The topological polar surface area (TPSA) is 71.5 Å². The van der Waals surface area contributed by atoms with Gasteiger partial charge < -0.3 is 14.5 Å². The van der Waals surface area contributed by atoms with Crippen LogP contribution in [0.4, 0.5) is 5.95 Å². The molecular formula is C16H19N5O2. The number of carbonyl (C=O) groups is 1. The van der Waals surface area contributed by atoms with Crippen LogP contribution in [0.15, 0.2) is 36.8 Å². The van der Waals surface area contributed by atoms with E-state index >= 15 is 0 Å². The molecule has 0 aliphatic carbocycles. The van der Waals surface area contributed by atoms with E-state index in [1.165, 1.54) is 0 Å². The lowest BCUT2D eigenvalue weighted by Gasteiger charge is -2.34. The molecule has 0 N–H and O–H groups in total. The Kier molecular flexibility index (Phi) is 4.65. The Morgan fingerprint density at radius 3 is 2.48 bits per heavy atom. The monoisotopic (exact) mass is 313 g/mol. The third-order valence-electron chi connectivity index (χ3n) is 3.68. The number of anilines is 1. The van der Waals surface area contributed by atoms with Gasteiger partial charge >= 0.3 is 0 Å². The highest BCUT2D eigenvalue weighted by atomic mass is 16.5. The number of hydrogen-bond acceptors (Lipinski definition) is 6. The van der Waals surface area contributed by atoms with Crippen molar-refractivity contribution in [1.82, 2.24) is 19.9 Å². The van der Waals surface area contributed by atoms with Gasteiger partial charge in [0.05, 0.1) is 6.61 Å². The molecular weight excluding hydrogens is 294 g/mol. The Balaban J connectivity index is 1.67. The molecule has 1 aliphatic heterocycles. The van der Waals surface area contributed by atoms with E-state index in [0.29, 0.717) is 50.2 Å². The van der Waals surface area contributed by atoms with Crippen molar-refractivity contribution >= 4 is 11.9 Å². The summed E-state index contributed by atoms with van der Waals surface area (Å²) in [6.07, 6.45) is 5.08. The van der Waals surface area contributed by atoms with Gasteiger partial charge in [0.1, 0.15) is 5.56 Å². The highest BCUT2D eigenvalue weighted by Crippen LogP contribution is 2.18. The normalized spacial score (nSPS) is 14.7. The lowest BCUT2D eigenvalue weighted by atomic mass is 10.2. The van der Waals surface area contributed by atoms with E-state index in [-0.39, 0.29) is 5.91 Å². The summed E-state index contributed by atoms with van der Waals surface area (Å²) in [5.74, 6) is 1.06. The maximum Gasteiger partial charge on any atom is 0.259 e. The maximum atomic E-state index is 12.7. The van der Waals surface area contributed by atoms with Crippen molar-refractivity contribution in [3.63, 3.8) is 0 Å². The van der Waals surface area contributed by atoms with Gasteiger partial charge in [-0.3, -0.25) is 4.79 Å². The van der Waals surface area contributed by atoms with Crippen LogP contribution in [0.2, 0.25) is 0 Å². The number of aromatic nitrogens is 3. The number of amides is 1. The van der Waals surface area contributed by atoms with Crippen molar-refractivity contribution in [2.45, 2.75) is 6.92 Å². The first-order chi connectivity index (χ1) is 11.3. The Morgan fingerprint density at radius 2 is 1.78 bits per heavy atom. The van der Waals surface area contributed by atoms with Gasteiger partial charge in [-0.1, -0.05) is 0 Å². The second kappa shape index (κ2) is 7.04. The van der Waals surface area contributed by atoms with E-state index in [0.717, 1.165) is 0 Å². The molecule has 7 heteroatoms. The van der Waals surface area contributed by atoms with E-state index in [1.807, 2.05) is 11.8 Å². The first-order valence-corrected chi connectivity index (χ1v) is 7.68. The minimum atomic E-state index is -0.0461. The van der Waals surface area contributed by atoms with Gasteiger partial charge in [-0.2, -0.15) is 0 Å². The Bertz CT molecular complexity index is 657. The lowest BCUT2D eigenvalue weighted by Crippen LogP contribution is -2.49. The van der Waals surface area contributed by atoms with Crippen molar-refractivity contribution in [2.75, 3.05) is 37.7 Å². The fourth-order valence-corrected chi connectivity index (χ4v) is 2.54. The smallest absolute Gasteiger partial charge is 0.259 e. The van der Waals surface area contributed by atoms with Crippen molar-refractivity contribution in [3.8, 4) is 5.88 Å². The quantitative estimate of drug-likeness (QED) is 0.845. The third kappa shape index (κ3) is 3.39. The molecule has 1 aliphatic rings. The highest BCUT2D eigenvalue weighted by Gasteiger charge is 2.25. The molecule has 1 fully saturated rings. The zero-order valence-corrected chi connectivity index (χ0v) is 13.1. The third-order valence-corrected chi connectivity index (χ3v) is 3.68. The summed E-state index contributed by atoms with van der Waals surface area (Å²) in [4.78, 5) is 29.2. The van der Waals surface area contributed by atoms with E-state index in [4.69, 9.17) is 4.74 Å². The second-order valence-electron chi connectivity index (χ2n) is 5.12. The summed E-state index contributed by atoms with van der Waals surface area (Å²) in [6, 6.07) is 5.30. The van der Waals surface area contributed by atoms with Gasteiger partial charge in [-0.05, 0) is 25.1 Å². The van der Waals surface area contributed by atoms with Gasteiger partial charge in [-0.25, -0.2) is 15.0 Å². The molecule has 0 bridgehead atoms. The van der Waals surface area contributed by atoms with Gasteiger partial charge in [0.2, 0.25) is 11.8 Å². The molecule has 0 radical (unpaired) electrons. The molecule has 7 nitrogen and oxygen atoms in total. The van der Waals surface area contributed by atoms with Crippen LogP contribution < -0.4 is 9.64 Å². The summed E-state index contributed by atoms with van der Waals surface area (Å²) >= 11 is 0. The van der Waals surface area contributed by atoms with Crippen LogP contribution in [0.25, 0.3) is 0 Å². The highest BCUT2D eigenvalue weighted by molar-refractivity contribution is 5.96. The van der Waals surface area contributed by atoms with Crippen LogP contribution in [0.1, 0.15) is 17.3 Å². The molecule has 0 saturated carbocycles. The Labute approximate surface area is 134 Å². The summed E-state index contributed by atoms with van der Waals surface area (Å²) in [5, 5.41) is 0. The average Bonchev–Trinajstić information content (AvgIpc) is 2.63. The summed E-state index contributed by atoms with van der Waals surface area (Å²) < 4.78 is 5.45. The van der Waals surface area contributed by atoms with Crippen molar-refractivity contribution in [1.29, 1.82) is 0 Å². The molecule has 1 saturated heterocycles. The number of ether oxygens (including phenoxy) is 1. The number of hydrogen-bond donors (Lipinski definition) is 0.